The number of halogens is 2. The molecule has 4 aromatic rings. The summed E-state index contributed by atoms with van der Waals surface area (Å²) in [5, 5.41) is 1.39. The fraction of sp³-hybridized carbons (Fsp3) is 0.217. The van der Waals surface area contributed by atoms with E-state index in [4.69, 9.17) is 27.9 Å². The maximum Gasteiger partial charge on any atom is 0.331 e. The molecule has 1 atom stereocenters. The van der Waals surface area contributed by atoms with E-state index in [9.17, 15) is 9.59 Å². The van der Waals surface area contributed by atoms with Gasteiger partial charge in [0.1, 0.15) is 6.10 Å². The van der Waals surface area contributed by atoms with Gasteiger partial charge in [-0.1, -0.05) is 53.5 Å². The summed E-state index contributed by atoms with van der Waals surface area (Å²) in [4.78, 5) is 26.2. The summed E-state index contributed by atoms with van der Waals surface area (Å²) in [6.45, 7) is 0.985. The molecule has 0 amide bonds. The standard InChI is InChI=1S/C23H19Cl2N3O3/c1-26-19-17(22(29)27(2)23(26)30)18(15-9-8-14(24)12-16(15)25)28-10-11-31-21(20(19)28)13-6-4-3-5-7-13/h3-9,12,21H,10-11H2,1-2H3. The van der Waals surface area contributed by atoms with Crippen LogP contribution in [0.1, 0.15) is 17.4 Å². The molecule has 31 heavy (non-hydrogen) atoms. The topological polar surface area (TPSA) is 58.2 Å². The molecule has 0 radical (unpaired) electrons. The van der Waals surface area contributed by atoms with Crippen LogP contribution in [-0.4, -0.2) is 20.3 Å². The molecular formula is C23H19Cl2N3O3. The molecule has 0 bridgehead atoms. The summed E-state index contributed by atoms with van der Waals surface area (Å²) in [6.07, 6.45) is -0.421. The molecule has 5 rings (SSSR count). The van der Waals surface area contributed by atoms with Crippen molar-refractivity contribution in [2.45, 2.75) is 12.6 Å². The molecule has 0 saturated carbocycles. The van der Waals surface area contributed by atoms with Gasteiger partial charge in [0.25, 0.3) is 5.56 Å². The van der Waals surface area contributed by atoms with Gasteiger partial charge in [0, 0.05) is 31.2 Å². The van der Waals surface area contributed by atoms with E-state index in [-0.39, 0.29) is 5.56 Å². The highest BCUT2D eigenvalue weighted by molar-refractivity contribution is 6.36. The first kappa shape index (κ1) is 20.1. The minimum Gasteiger partial charge on any atom is -0.365 e. The van der Waals surface area contributed by atoms with E-state index in [1.54, 1.807) is 19.2 Å². The molecule has 3 heterocycles. The number of aromatic nitrogens is 3. The molecule has 6 nitrogen and oxygen atoms in total. The maximum absolute atomic E-state index is 13.4. The van der Waals surface area contributed by atoms with Gasteiger partial charge in [-0.05, 0) is 23.8 Å². The van der Waals surface area contributed by atoms with Gasteiger partial charge in [-0.3, -0.25) is 13.9 Å². The average Bonchev–Trinajstić information content (AvgIpc) is 3.12. The summed E-state index contributed by atoms with van der Waals surface area (Å²) in [5.41, 5.74) is 2.88. The van der Waals surface area contributed by atoms with E-state index in [0.717, 1.165) is 15.8 Å². The Morgan fingerprint density at radius 1 is 1.00 bits per heavy atom. The van der Waals surface area contributed by atoms with Crippen molar-refractivity contribution in [1.29, 1.82) is 0 Å². The third-order valence-electron chi connectivity index (χ3n) is 5.84. The van der Waals surface area contributed by atoms with Crippen LogP contribution >= 0.6 is 23.2 Å². The van der Waals surface area contributed by atoms with Gasteiger partial charge in [0.2, 0.25) is 0 Å². The lowest BCUT2D eigenvalue weighted by Gasteiger charge is -2.27. The largest absolute Gasteiger partial charge is 0.365 e. The molecule has 1 aliphatic rings. The molecule has 8 heteroatoms. The van der Waals surface area contributed by atoms with Crippen molar-refractivity contribution in [3.8, 4) is 11.3 Å². The first-order valence-corrected chi connectivity index (χ1v) is 10.6. The predicted molar refractivity (Wildman–Crippen MR) is 122 cm³/mol. The van der Waals surface area contributed by atoms with Gasteiger partial charge < -0.3 is 9.30 Å². The maximum atomic E-state index is 13.4. The quantitative estimate of drug-likeness (QED) is 0.456. The summed E-state index contributed by atoms with van der Waals surface area (Å²) >= 11 is 12.7. The van der Waals surface area contributed by atoms with Crippen molar-refractivity contribution < 1.29 is 4.74 Å². The van der Waals surface area contributed by atoms with Crippen LogP contribution < -0.4 is 11.2 Å². The molecule has 158 valence electrons. The van der Waals surface area contributed by atoms with E-state index >= 15 is 0 Å². The second-order valence-electron chi connectivity index (χ2n) is 7.60. The number of fused-ring (bicyclic) bond motifs is 3. The Bertz CT molecular complexity index is 1450. The Labute approximate surface area is 187 Å². The Kier molecular flexibility index (Phi) is 4.81. The Morgan fingerprint density at radius 2 is 1.74 bits per heavy atom. The number of ether oxygens (including phenoxy) is 1. The highest BCUT2D eigenvalue weighted by Gasteiger charge is 2.33. The fourth-order valence-corrected chi connectivity index (χ4v) is 4.92. The Hall–Kier alpha value is -2.80. The normalized spacial score (nSPS) is 15.9. The monoisotopic (exact) mass is 455 g/mol. The molecule has 0 saturated heterocycles. The van der Waals surface area contributed by atoms with Crippen LogP contribution in [0.3, 0.4) is 0 Å². The number of hydrogen-bond donors (Lipinski definition) is 0. The lowest BCUT2D eigenvalue weighted by molar-refractivity contribution is 0.0478. The lowest BCUT2D eigenvalue weighted by atomic mass is 10.0. The molecule has 2 aromatic heterocycles. The van der Waals surface area contributed by atoms with E-state index < -0.39 is 11.8 Å². The van der Waals surface area contributed by atoms with Gasteiger partial charge >= 0.3 is 5.69 Å². The van der Waals surface area contributed by atoms with Crippen molar-refractivity contribution >= 4 is 34.1 Å². The smallest absolute Gasteiger partial charge is 0.331 e. The minimum atomic E-state index is -0.421. The van der Waals surface area contributed by atoms with Gasteiger partial charge in [0.05, 0.1) is 33.9 Å². The Morgan fingerprint density at radius 3 is 2.45 bits per heavy atom. The number of nitrogens with zero attached hydrogens (tertiary/aromatic N) is 3. The van der Waals surface area contributed by atoms with Crippen LogP contribution in [0.2, 0.25) is 10.0 Å². The van der Waals surface area contributed by atoms with Crippen molar-refractivity contribution in [3.63, 3.8) is 0 Å². The zero-order chi connectivity index (χ0) is 21.9. The second-order valence-corrected chi connectivity index (χ2v) is 8.44. The number of hydrogen-bond acceptors (Lipinski definition) is 3. The minimum absolute atomic E-state index is 0.368. The SMILES string of the molecule is Cn1c(=O)c2c(-c3ccc(Cl)cc3Cl)n3c(c2n(C)c1=O)C(c1ccccc1)OCC3. The molecule has 0 spiro atoms. The number of aryl methyl sites for hydroxylation is 1. The average molecular weight is 456 g/mol. The van der Waals surface area contributed by atoms with E-state index in [0.29, 0.717) is 45.4 Å². The molecule has 0 aliphatic carbocycles. The van der Waals surface area contributed by atoms with E-state index in [2.05, 4.69) is 4.57 Å². The molecule has 1 unspecified atom stereocenters. The van der Waals surface area contributed by atoms with Crippen molar-refractivity contribution in [3.05, 3.63) is 90.7 Å². The van der Waals surface area contributed by atoms with Crippen molar-refractivity contribution in [1.82, 2.24) is 13.7 Å². The van der Waals surface area contributed by atoms with Crippen molar-refractivity contribution in [2.75, 3.05) is 6.61 Å². The molecule has 0 N–H and O–H groups in total. The van der Waals surface area contributed by atoms with Crippen LogP contribution in [0.4, 0.5) is 0 Å². The highest BCUT2D eigenvalue weighted by atomic mass is 35.5. The summed E-state index contributed by atoms with van der Waals surface area (Å²) < 4.78 is 10.9. The van der Waals surface area contributed by atoms with Crippen LogP contribution in [0, 0.1) is 0 Å². The summed E-state index contributed by atoms with van der Waals surface area (Å²) in [5.74, 6) is 0. The first-order valence-electron chi connectivity index (χ1n) is 9.84. The Balaban J connectivity index is 1.98. The van der Waals surface area contributed by atoms with E-state index in [1.807, 2.05) is 36.4 Å². The van der Waals surface area contributed by atoms with Crippen LogP contribution in [0.15, 0.2) is 58.1 Å². The zero-order valence-electron chi connectivity index (χ0n) is 16.9. The summed E-state index contributed by atoms with van der Waals surface area (Å²) in [6, 6.07) is 15.0. The van der Waals surface area contributed by atoms with Gasteiger partial charge in [-0.2, -0.15) is 0 Å². The zero-order valence-corrected chi connectivity index (χ0v) is 18.4. The highest BCUT2D eigenvalue weighted by Crippen LogP contribution is 2.42. The molecule has 1 aliphatic heterocycles. The van der Waals surface area contributed by atoms with Gasteiger partial charge in [-0.25, -0.2) is 4.79 Å². The third kappa shape index (κ3) is 2.97. The molecule has 2 aromatic carbocycles. The van der Waals surface area contributed by atoms with Gasteiger partial charge in [-0.15, -0.1) is 0 Å². The third-order valence-corrected chi connectivity index (χ3v) is 6.39. The van der Waals surface area contributed by atoms with Crippen LogP contribution in [-0.2, 0) is 25.4 Å². The van der Waals surface area contributed by atoms with Crippen LogP contribution in [0.5, 0.6) is 0 Å². The number of benzene rings is 2. The van der Waals surface area contributed by atoms with Crippen molar-refractivity contribution in [2.24, 2.45) is 14.1 Å². The van der Waals surface area contributed by atoms with Crippen LogP contribution in [0.25, 0.3) is 22.2 Å². The molecular weight excluding hydrogens is 437 g/mol. The van der Waals surface area contributed by atoms with E-state index in [1.165, 1.54) is 11.6 Å². The predicted octanol–water partition coefficient (Wildman–Crippen LogP) is 4.13. The fourth-order valence-electron chi connectivity index (χ4n) is 4.42. The first-order chi connectivity index (χ1) is 14.9. The molecule has 0 fully saturated rings. The lowest BCUT2D eigenvalue weighted by Crippen LogP contribution is -2.37. The number of rotatable bonds is 2. The van der Waals surface area contributed by atoms with Gasteiger partial charge in [0.15, 0.2) is 0 Å². The summed E-state index contributed by atoms with van der Waals surface area (Å²) in [7, 11) is 3.16. The second kappa shape index (κ2) is 7.41.